The van der Waals surface area contributed by atoms with Crippen molar-refractivity contribution >= 4 is 17.0 Å². The van der Waals surface area contributed by atoms with Gasteiger partial charge in [0.25, 0.3) is 0 Å². The van der Waals surface area contributed by atoms with E-state index in [9.17, 15) is 0 Å². The molecule has 0 bridgehead atoms. The molecule has 0 spiro atoms. The molecule has 4 rings (SSSR count). The lowest BCUT2D eigenvalue weighted by Crippen LogP contribution is -2.33. The number of benzene rings is 2. The molecule has 5 nitrogen and oxygen atoms in total. The number of anilines is 1. The van der Waals surface area contributed by atoms with E-state index in [-0.39, 0.29) is 0 Å². The molecule has 1 aliphatic carbocycles. The van der Waals surface area contributed by atoms with Crippen LogP contribution >= 0.6 is 0 Å². The van der Waals surface area contributed by atoms with Crippen molar-refractivity contribution in [3.63, 3.8) is 0 Å². The van der Waals surface area contributed by atoms with Crippen molar-refractivity contribution in [2.45, 2.75) is 44.3 Å². The van der Waals surface area contributed by atoms with Gasteiger partial charge in [0.2, 0.25) is 5.95 Å². The normalized spacial score (nSPS) is 20.0. The minimum absolute atomic E-state index is 0.338. The van der Waals surface area contributed by atoms with Gasteiger partial charge in [-0.2, -0.15) is 5.26 Å². The highest BCUT2D eigenvalue weighted by Gasteiger charge is 2.20. The third kappa shape index (κ3) is 3.42. The van der Waals surface area contributed by atoms with Crippen LogP contribution in [0, 0.1) is 11.3 Å². The number of nitrogens with zero attached hydrogens (tertiary/aromatic N) is 3. The fraction of sp³-hybridized carbons (Fsp3) is 0.333. The molecule has 26 heavy (non-hydrogen) atoms. The van der Waals surface area contributed by atoms with Gasteiger partial charge in [0.1, 0.15) is 0 Å². The second-order valence-electron chi connectivity index (χ2n) is 7.08. The summed E-state index contributed by atoms with van der Waals surface area (Å²) in [5.74, 6) is 0.913. The molecule has 0 radical (unpaired) electrons. The minimum Gasteiger partial charge on any atom is -0.353 e. The van der Waals surface area contributed by atoms with E-state index in [0.717, 1.165) is 54.8 Å². The van der Waals surface area contributed by atoms with Crippen LogP contribution in [0.5, 0.6) is 0 Å². The van der Waals surface area contributed by atoms with Crippen LogP contribution in [0.25, 0.3) is 11.0 Å². The maximum atomic E-state index is 8.99. The topological polar surface area (TPSA) is 79.7 Å². The maximum absolute atomic E-state index is 8.99. The summed E-state index contributed by atoms with van der Waals surface area (Å²) < 4.78 is 2.23. The van der Waals surface area contributed by atoms with E-state index in [1.54, 1.807) is 0 Å². The molecular formula is C21H23N5. The summed E-state index contributed by atoms with van der Waals surface area (Å²) in [7, 11) is 0. The second kappa shape index (κ2) is 7.19. The number of fused-ring (bicyclic) bond motifs is 1. The van der Waals surface area contributed by atoms with Gasteiger partial charge in [0.05, 0.1) is 29.2 Å². The molecule has 1 aliphatic rings. The standard InChI is InChI=1S/C21H23N5/c22-13-15-5-7-16(8-6-15)14-26-20-4-2-1-3-19(20)25-21(26)24-18-11-9-17(23)10-12-18/h1-8,17-18H,9-12,14,23H2,(H,24,25). The van der Waals surface area contributed by atoms with Crippen LogP contribution in [0.1, 0.15) is 36.8 Å². The van der Waals surface area contributed by atoms with Crippen molar-refractivity contribution in [3.8, 4) is 6.07 Å². The van der Waals surface area contributed by atoms with Crippen LogP contribution in [0.15, 0.2) is 48.5 Å². The zero-order chi connectivity index (χ0) is 17.9. The Balaban J connectivity index is 1.64. The van der Waals surface area contributed by atoms with Gasteiger partial charge < -0.3 is 15.6 Å². The highest BCUT2D eigenvalue weighted by atomic mass is 15.2. The molecule has 1 aromatic heterocycles. The first-order valence-corrected chi connectivity index (χ1v) is 9.19. The van der Waals surface area contributed by atoms with Crippen molar-refractivity contribution in [2.75, 3.05) is 5.32 Å². The first-order chi connectivity index (χ1) is 12.7. The zero-order valence-electron chi connectivity index (χ0n) is 14.7. The van der Waals surface area contributed by atoms with Gasteiger partial charge in [-0.15, -0.1) is 0 Å². The Hall–Kier alpha value is -2.84. The molecule has 132 valence electrons. The average Bonchev–Trinajstić information content (AvgIpc) is 3.01. The van der Waals surface area contributed by atoms with Crippen LogP contribution in [0.3, 0.4) is 0 Å². The van der Waals surface area contributed by atoms with E-state index in [1.165, 1.54) is 0 Å². The van der Waals surface area contributed by atoms with E-state index in [0.29, 0.717) is 17.6 Å². The molecule has 5 heteroatoms. The number of imidazole rings is 1. The Morgan fingerprint density at radius 3 is 2.54 bits per heavy atom. The molecule has 3 N–H and O–H groups in total. The Morgan fingerprint density at radius 2 is 1.81 bits per heavy atom. The monoisotopic (exact) mass is 345 g/mol. The Labute approximate surface area is 153 Å². The SMILES string of the molecule is N#Cc1ccc(Cn2c(NC3CCC(N)CC3)nc3ccccc32)cc1. The van der Waals surface area contributed by atoms with Gasteiger partial charge in [-0.25, -0.2) is 4.98 Å². The number of nitrogens with two attached hydrogens (primary N) is 1. The summed E-state index contributed by atoms with van der Waals surface area (Å²) in [6.07, 6.45) is 4.30. The highest BCUT2D eigenvalue weighted by Crippen LogP contribution is 2.25. The summed E-state index contributed by atoms with van der Waals surface area (Å²) >= 11 is 0. The van der Waals surface area contributed by atoms with Crippen LogP contribution in [0.2, 0.25) is 0 Å². The Morgan fingerprint density at radius 1 is 1.08 bits per heavy atom. The smallest absolute Gasteiger partial charge is 0.204 e. The summed E-state index contributed by atoms with van der Waals surface area (Å²) in [6, 6.07) is 18.9. The first kappa shape index (κ1) is 16.6. The lowest BCUT2D eigenvalue weighted by Gasteiger charge is -2.27. The van der Waals surface area contributed by atoms with Gasteiger partial charge >= 0.3 is 0 Å². The molecule has 3 aromatic rings. The summed E-state index contributed by atoms with van der Waals surface area (Å²) in [4.78, 5) is 4.82. The van der Waals surface area contributed by atoms with Crippen LogP contribution in [-0.4, -0.2) is 21.6 Å². The maximum Gasteiger partial charge on any atom is 0.204 e. The largest absolute Gasteiger partial charge is 0.353 e. The van der Waals surface area contributed by atoms with E-state index in [2.05, 4.69) is 22.0 Å². The molecule has 2 aromatic carbocycles. The molecule has 0 amide bonds. The van der Waals surface area contributed by atoms with Crippen molar-refractivity contribution in [2.24, 2.45) is 5.73 Å². The molecular weight excluding hydrogens is 322 g/mol. The number of rotatable bonds is 4. The summed E-state index contributed by atoms with van der Waals surface area (Å²) in [6.45, 7) is 0.723. The van der Waals surface area contributed by atoms with Gasteiger partial charge in [0.15, 0.2) is 0 Å². The predicted octanol–water partition coefficient (Wildman–Crippen LogP) is 3.64. The number of nitriles is 1. The molecule has 0 saturated heterocycles. The number of hydrogen-bond donors (Lipinski definition) is 2. The van der Waals surface area contributed by atoms with Crippen molar-refractivity contribution in [1.82, 2.24) is 9.55 Å². The highest BCUT2D eigenvalue weighted by molar-refractivity contribution is 5.78. The molecule has 0 unspecified atom stereocenters. The third-order valence-electron chi connectivity index (χ3n) is 5.18. The molecule has 1 saturated carbocycles. The van der Waals surface area contributed by atoms with E-state index >= 15 is 0 Å². The van der Waals surface area contributed by atoms with Crippen molar-refractivity contribution in [1.29, 1.82) is 5.26 Å². The lowest BCUT2D eigenvalue weighted by molar-refractivity contribution is 0.409. The van der Waals surface area contributed by atoms with Gasteiger partial charge in [-0.3, -0.25) is 0 Å². The van der Waals surface area contributed by atoms with Gasteiger partial charge in [0, 0.05) is 12.1 Å². The van der Waals surface area contributed by atoms with E-state index in [1.807, 2.05) is 42.5 Å². The predicted molar refractivity (Wildman–Crippen MR) is 104 cm³/mol. The van der Waals surface area contributed by atoms with Gasteiger partial charge in [-0.05, 0) is 55.5 Å². The first-order valence-electron chi connectivity index (χ1n) is 9.19. The summed E-state index contributed by atoms with van der Waals surface area (Å²) in [5, 5.41) is 12.6. The summed E-state index contributed by atoms with van der Waals surface area (Å²) in [5.41, 5.74) is 9.98. The zero-order valence-corrected chi connectivity index (χ0v) is 14.7. The number of nitrogens with one attached hydrogen (secondary N) is 1. The van der Waals surface area contributed by atoms with E-state index in [4.69, 9.17) is 16.0 Å². The van der Waals surface area contributed by atoms with Crippen molar-refractivity contribution < 1.29 is 0 Å². The number of aromatic nitrogens is 2. The van der Waals surface area contributed by atoms with Crippen molar-refractivity contribution in [3.05, 3.63) is 59.7 Å². The minimum atomic E-state index is 0.338. The lowest BCUT2D eigenvalue weighted by atomic mass is 9.92. The quantitative estimate of drug-likeness (QED) is 0.756. The molecule has 0 aliphatic heterocycles. The van der Waals surface area contributed by atoms with Crippen LogP contribution in [-0.2, 0) is 6.54 Å². The second-order valence-corrected chi connectivity index (χ2v) is 7.08. The van der Waals surface area contributed by atoms with Crippen LogP contribution in [0.4, 0.5) is 5.95 Å². The van der Waals surface area contributed by atoms with E-state index < -0.39 is 0 Å². The van der Waals surface area contributed by atoms with Crippen LogP contribution < -0.4 is 11.1 Å². The average molecular weight is 345 g/mol. The molecule has 1 heterocycles. The number of hydrogen-bond acceptors (Lipinski definition) is 4. The molecule has 1 fully saturated rings. The Bertz CT molecular complexity index is 927. The van der Waals surface area contributed by atoms with Gasteiger partial charge in [-0.1, -0.05) is 24.3 Å². The number of para-hydroxylation sites is 2. The Kier molecular flexibility index (Phi) is 4.59. The third-order valence-corrected chi connectivity index (χ3v) is 5.18. The molecule has 0 atom stereocenters. The fourth-order valence-electron chi connectivity index (χ4n) is 3.66. The fourth-order valence-corrected chi connectivity index (χ4v) is 3.66.